The number of aromatic amines is 1. The molecule has 3 aromatic rings. The van der Waals surface area contributed by atoms with Gasteiger partial charge in [0.05, 0.1) is 5.92 Å². The van der Waals surface area contributed by atoms with Gasteiger partial charge in [-0.2, -0.15) is 0 Å². The second-order valence-electron chi connectivity index (χ2n) is 9.14. The van der Waals surface area contributed by atoms with Crippen LogP contribution in [0.4, 0.5) is 10.2 Å². The third-order valence-corrected chi connectivity index (χ3v) is 6.75. The third-order valence-electron chi connectivity index (χ3n) is 6.75. The minimum Gasteiger partial charge on any atom is -0.353 e. The summed E-state index contributed by atoms with van der Waals surface area (Å²) in [6, 6.07) is 3.23. The van der Waals surface area contributed by atoms with Crippen LogP contribution >= 0.6 is 0 Å². The van der Waals surface area contributed by atoms with Gasteiger partial charge in [0, 0.05) is 44.4 Å². The van der Waals surface area contributed by atoms with Gasteiger partial charge >= 0.3 is 0 Å². The molecule has 1 amide bonds. The molecule has 3 fully saturated rings. The summed E-state index contributed by atoms with van der Waals surface area (Å²) in [7, 11) is 0. The Morgan fingerprint density at radius 3 is 2.72 bits per heavy atom. The number of anilines is 1. The lowest BCUT2D eigenvalue weighted by Crippen LogP contribution is -2.44. The van der Waals surface area contributed by atoms with Crippen LogP contribution in [0.5, 0.6) is 0 Å². The van der Waals surface area contributed by atoms with Crippen molar-refractivity contribution < 1.29 is 9.18 Å². The molecule has 1 saturated carbocycles. The largest absolute Gasteiger partial charge is 0.353 e. The minimum absolute atomic E-state index is 0.0991. The number of carbonyl (C=O) groups excluding carboxylic acids is 1. The molecule has 1 N–H and O–H groups in total. The van der Waals surface area contributed by atoms with Gasteiger partial charge in [-0.15, -0.1) is 0 Å². The number of hydrogen-bond acceptors (Lipinski definition) is 6. The molecule has 6 rings (SSSR count). The Kier molecular flexibility index (Phi) is 4.77. The van der Waals surface area contributed by atoms with E-state index in [1.165, 1.54) is 6.07 Å². The highest BCUT2D eigenvalue weighted by Gasteiger charge is 2.32. The number of halogens is 1. The van der Waals surface area contributed by atoms with Crippen LogP contribution in [-0.2, 0) is 4.79 Å². The number of carbonyl (C=O) groups is 1. The smallest absolute Gasteiger partial charge is 0.227 e. The molecule has 8 nitrogen and oxygen atoms in total. The number of H-pyrrole nitrogens is 1. The van der Waals surface area contributed by atoms with E-state index in [9.17, 15) is 4.79 Å². The van der Waals surface area contributed by atoms with Crippen LogP contribution in [0.1, 0.15) is 50.3 Å². The van der Waals surface area contributed by atoms with Crippen LogP contribution in [0, 0.1) is 11.7 Å². The monoisotopic (exact) mass is 435 g/mol. The van der Waals surface area contributed by atoms with Gasteiger partial charge in [0.2, 0.25) is 5.91 Å². The van der Waals surface area contributed by atoms with E-state index in [-0.39, 0.29) is 17.6 Å². The summed E-state index contributed by atoms with van der Waals surface area (Å²) in [5, 5.41) is 0. The number of aromatic nitrogens is 5. The summed E-state index contributed by atoms with van der Waals surface area (Å²) in [4.78, 5) is 38.0. The van der Waals surface area contributed by atoms with Crippen LogP contribution in [0.15, 0.2) is 18.3 Å². The second-order valence-corrected chi connectivity index (χ2v) is 9.14. The number of piperidine rings is 1. The first-order valence-corrected chi connectivity index (χ1v) is 11.6. The number of likely N-dealkylation sites (tertiary alicyclic amines) is 1. The van der Waals surface area contributed by atoms with Gasteiger partial charge in [-0.25, -0.2) is 24.3 Å². The SMILES string of the molecule is O=C([C@@H]1CCCN(c2nc3[nH]c(-c4ccnc(C5CC5)n4)nc3cc2F)C1)N1CCCC1. The standard InChI is InChI=1S/C23H26FN7O/c24-16-12-18-21(28-20(27-18)17-7-8-25-19(26-17)14-5-6-14)29-22(16)31-11-3-4-15(13-31)23(32)30-9-1-2-10-30/h7-8,12,14-15H,1-6,9-11,13H2,(H,27,28,29)/t15-/m1/s1. The third kappa shape index (κ3) is 3.59. The Labute approximate surface area is 185 Å². The maximum atomic E-state index is 15.0. The fraction of sp³-hybridized carbons (Fsp3) is 0.522. The molecule has 2 aliphatic heterocycles. The molecule has 3 aliphatic rings. The Bertz CT molecular complexity index is 1170. The molecule has 166 valence electrons. The number of nitrogens with one attached hydrogen (secondary N) is 1. The first kappa shape index (κ1) is 19.6. The average Bonchev–Trinajstić information content (AvgIpc) is 3.36. The predicted octanol–water partition coefficient (Wildman–Crippen LogP) is 3.27. The number of fused-ring (bicyclic) bond motifs is 1. The van der Waals surface area contributed by atoms with E-state index >= 15 is 4.39 Å². The maximum Gasteiger partial charge on any atom is 0.227 e. The van der Waals surface area contributed by atoms with Crippen molar-refractivity contribution in [3.63, 3.8) is 0 Å². The number of pyridine rings is 1. The summed E-state index contributed by atoms with van der Waals surface area (Å²) in [6.45, 7) is 2.88. The summed E-state index contributed by atoms with van der Waals surface area (Å²) in [6.07, 6.45) is 7.84. The highest BCUT2D eigenvalue weighted by atomic mass is 19.1. The lowest BCUT2D eigenvalue weighted by atomic mass is 9.96. The van der Waals surface area contributed by atoms with Crippen molar-refractivity contribution in [2.45, 2.75) is 44.4 Å². The Balaban J connectivity index is 1.27. The van der Waals surface area contributed by atoms with E-state index in [2.05, 4.69) is 24.9 Å². The molecule has 0 unspecified atom stereocenters. The highest BCUT2D eigenvalue weighted by molar-refractivity contribution is 5.80. The molecular weight excluding hydrogens is 409 g/mol. The molecule has 0 spiro atoms. The van der Waals surface area contributed by atoms with Crippen LogP contribution in [0.2, 0.25) is 0 Å². The number of hydrogen-bond donors (Lipinski definition) is 1. The van der Waals surface area contributed by atoms with Gasteiger partial charge in [0.25, 0.3) is 0 Å². The predicted molar refractivity (Wildman–Crippen MR) is 118 cm³/mol. The quantitative estimate of drug-likeness (QED) is 0.676. The maximum absolute atomic E-state index is 15.0. The zero-order valence-electron chi connectivity index (χ0n) is 17.9. The molecule has 1 aliphatic carbocycles. The number of amides is 1. The molecule has 9 heteroatoms. The van der Waals surface area contributed by atoms with Gasteiger partial charge < -0.3 is 14.8 Å². The van der Waals surface area contributed by atoms with Gasteiger partial charge in [0.1, 0.15) is 17.0 Å². The van der Waals surface area contributed by atoms with E-state index in [0.717, 1.165) is 57.4 Å². The topological polar surface area (TPSA) is 90.9 Å². The molecule has 0 radical (unpaired) electrons. The zero-order chi connectivity index (χ0) is 21.7. The first-order chi connectivity index (χ1) is 15.7. The highest BCUT2D eigenvalue weighted by Crippen LogP contribution is 2.38. The minimum atomic E-state index is -0.411. The second kappa shape index (κ2) is 7.79. The van der Waals surface area contributed by atoms with Crippen molar-refractivity contribution >= 4 is 22.9 Å². The Morgan fingerprint density at radius 2 is 1.91 bits per heavy atom. The van der Waals surface area contributed by atoms with Gasteiger partial charge in [-0.1, -0.05) is 0 Å². The van der Waals surface area contributed by atoms with Crippen LogP contribution in [0.3, 0.4) is 0 Å². The Morgan fingerprint density at radius 1 is 1.06 bits per heavy atom. The van der Waals surface area contributed by atoms with Crippen LogP contribution < -0.4 is 4.90 Å². The van der Waals surface area contributed by atoms with Crippen molar-refractivity contribution in [3.05, 3.63) is 30.0 Å². The van der Waals surface area contributed by atoms with Gasteiger partial charge in [-0.3, -0.25) is 4.79 Å². The fourth-order valence-corrected chi connectivity index (χ4v) is 4.86. The van der Waals surface area contributed by atoms with Gasteiger partial charge in [0.15, 0.2) is 23.1 Å². The van der Waals surface area contributed by atoms with Gasteiger partial charge in [-0.05, 0) is 44.6 Å². The van der Waals surface area contributed by atoms with Crippen molar-refractivity contribution in [1.82, 2.24) is 29.8 Å². The van der Waals surface area contributed by atoms with E-state index in [0.29, 0.717) is 41.7 Å². The van der Waals surface area contributed by atoms with Crippen molar-refractivity contribution in [2.75, 3.05) is 31.1 Å². The molecular formula is C23H26FN7O. The van der Waals surface area contributed by atoms with Crippen LogP contribution in [-0.4, -0.2) is 61.9 Å². The average molecular weight is 436 g/mol. The number of nitrogens with zero attached hydrogens (tertiary/aromatic N) is 6. The van der Waals surface area contributed by atoms with Crippen LogP contribution in [0.25, 0.3) is 22.7 Å². The molecule has 2 saturated heterocycles. The van der Waals surface area contributed by atoms with E-state index in [1.807, 2.05) is 9.80 Å². The summed E-state index contributed by atoms with van der Waals surface area (Å²) < 4.78 is 15.0. The summed E-state index contributed by atoms with van der Waals surface area (Å²) >= 11 is 0. The summed E-state index contributed by atoms with van der Waals surface area (Å²) in [5.74, 6) is 1.82. The van der Waals surface area contributed by atoms with E-state index in [4.69, 9.17) is 0 Å². The zero-order valence-corrected chi connectivity index (χ0v) is 17.9. The molecule has 1 atom stereocenters. The van der Waals surface area contributed by atoms with E-state index in [1.54, 1.807) is 12.3 Å². The summed E-state index contributed by atoms with van der Waals surface area (Å²) in [5.41, 5.74) is 1.68. The fourth-order valence-electron chi connectivity index (χ4n) is 4.86. The van der Waals surface area contributed by atoms with Crippen molar-refractivity contribution in [1.29, 1.82) is 0 Å². The number of imidazole rings is 1. The Hall–Kier alpha value is -3.10. The molecule has 0 aromatic carbocycles. The lowest BCUT2D eigenvalue weighted by Gasteiger charge is -2.34. The molecule has 0 bridgehead atoms. The molecule has 3 aromatic heterocycles. The molecule has 32 heavy (non-hydrogen) atoms. The number of rotatable bonds is 4. The van der Waals surface area contributed by atoms with Crippen molar-refractivity contribution in [2.24, 2.45) is 5.92 Å². The lowest BCUT2D eigenvalue weighted by molar-refractivity contribution is -0.134. The molecule has 5 heterocycles. The first-order valence-electron chi connectivity index (χ1n) is 11.6. The normalized spacial score (nSPS) is 21.5. The van der Waals surface area contributed by atoms with Crippen molar-refractivity contribution in [3.8, 4) is 11.5 Å². The van der Waals surface area contributed by atoms with E-state index < -0.39 is 5.82 Å².